The summed E-state index contributed by atoms with van der Waals surface area (Å²) >= 11 is 0. The van der Waals surface area contributed by atoms with E-state index in [9.17, 15) is 9.59 Å². The summed E-state index contributed by atoms with van der Waals surface area (Å²) in [5.74, 6) is -1.72. The Balaban J connectivity index is -0.00000144. The molecule has 0 aliphatic heterocycles. The van der Waals surface area contributed by atoms with E-state index in [1.165, 1.54) is 38.5 Å². The molecule has 0 spiro atoms. The second kappa shape index (κ2) is 15.7. The van der Waals surface area contributed by atoms with E-state index in [1.807, 2.05) is 0 Å². The molecule has 0 aliphatic carbocycles. The number of aliphatic carboxylic acids is 1. The summed E-state index contributed by atoms with van der Waals surface area (Å²) in [4.78, 5) is 21.1. The van der Waals surface area contributed by atoms with Gasteiger partial charge in [-0.15, -0.1) is 0 Å². The molecule has 0 amide bonds. The predicted molar refractivity (Wildman–Crippen MR) is 71.5 cm³/mol. The molecule has 0 aliphatic rings. The monoisotopic (exact) mass is 280 g/mol. The number of carboxylic acids is 1. The Hall–Kier alpha value is -0.320. The number of esters is 1. The maximum Gasteiger partial charge on any atom is 1.00 e. The van der Waals surface area contributed by atoms with Crippen LogP contribution >= 0.6 is 0 Å². The minimum atomic E-state index is -1.14. The van der Waals surface area contributed by atoms with Crippen LogP contribution in [0.2, 0.25) is 0 Å². The normalized spacial score (nSPS) is 10.2. The first kappa shape index (κ1) is 21.0. The SMILES string of the molecule is CCCCCCCCCCOC(=O)/C=C\C(=O)O.[H-].[Na+]. The molecule has 0 unspecified atom stereocenters. The molecular formula is C14H25NaO4. The van der Waals surface area contributed by atoms with Gasteiger partial charge in [0.05, 0.1) is 6.61 Å². The molecule has 0 atom stereocenters. The van der Waals surface area contributed by atoms with Gasteiger partial charge in [0.2, 0.25) is 0 Å². The first-order valence-electron chi connectivity index (χ1n) is 6.74. The van der Waals surface area contributed by atoms with E-state index >= 15 is 0 Å². The van der Waals surface area contributed by atoms with E-state index in [4.69, 9.17) is 9.84 Å². The van der Waals surface area contributed by atoms with Gasteiger partial charge in [-0.3, -0.25) is 0 Å². The Labute approximate surface area is 139 Å². The van der Waals surface area contributed by atoms with Crippen molar-refractivity contribution in [1.29, 1.82) is 0 Å². The molecule has 0 fully saturated rings. The summed E-state index contributed by atoms with van der Waals surface area (Å²) in [6.45, 7) is 2.57. The molecule has 0 aromatic rings. The number of carbonyl (C=O) groups is 2. The number of hydrogen-bond donors (Lipinski definition) is 1. The average Bonchev–Trinajstić information content (AvgIpc) is 2.34. The molecule has 5 heteroatoms. The molecule has 0 aromatic heterocycles. The predicted octanol–water partition coefficient (Wildman–Crippen LogP) is 0.428. The zero-order valence-corrected chi connectivity index (χ0v) is 14.2. The zero-order valence-electron chi connectivity index (χ0n) is 13.2. The van der Waals surface area contributed by atoms with Gasteiger partial charge >= 0.3 is 41.5 Å². The van der Waals surface area contributed by atoms with Gasteiger partial charge in [-0.2, -0.15) is 0 Å². The van der Waals surface area contributed by atoms with E-state index in [0.29, 0.717) is 6.61 Å². The van der Waals surface area contributed by atoms with Crippen molar-refractivity contribution in [3.8, 4) is 0 Å². The largest absolute Gasteiger partial charge is 1.00 e. The second-order valence-corrected chi connectivity index (χ2v) is 4.31. The number of carboxylic acid groups (broad SMARTS) is 1. The van der Waals surface area contributed by atoms with Gasteiger partial charge in [-0.05, 0) is 6.42 Å². The molecule has 1 N–H and O–H groups in total. The fourth-order valence-corrected chi connectivity index (χ4v) is 1.60. The average molecular weight is 280 g/mol. The maximum atomic E-state index is 11.0. The van der Waals surface area contributed by atoms with Crippen LogP contribution in [0, 0.1) is 0 Å². The minimum absolute atomic E-state index is 0. The number of unbranched alkanes of at least 4 members (excludes halogenated alkanes) is 7. The molecule has 0 heterocycles. The number of hydrogen-bond acceptors (Lipinski definition) is 3. The molecule has 106 valence electrons. The van der Waals surface area contributed by atoms with Crippen molar-refractivity contribution in [3.63, 3.8) is 0 Å². The van der Waals surface area contributed by atoms with Crippen molar-refractivity contribution >= 4 is 11.9 Å². The molecule has 0 rings (SSSR count). The van der Waals surface area contributed by atoms with Crippen molar-refractivity contribution in [2.24, 2.45) is 0 Å². The summed E-state index contributed by atoms with van der Waals surface area (Å²) in [5.41, 5.74) is 0. The topological polar surface area (TPSA) is 63.6 Å². The standard InChI is InChI=1S/C14H24O4.Na.H/c1-2-3-4-5-6-7-8-9-12-18-14(17)11-10-13(15)16;;/h10-11H,2-9,12H2,1H3,(H,15,16);;/q;+1;-1/b11-10-;;. The molecule has 0 bridgehead atoms. The van der Waals surface area contributed by atoms with E-state index in [2.05, 4.69) is 6.92 Å². The van der Waals surface area contributed by atoms with Crippen molar-refractivity contribution in [3.05, 3.63) is 12.2 Å². The van der Waals surface area contributed by atoms with Crippen molar-refractivity contribution in [1.82, 2.24) is 0 Å². The molecule has 0 aromatic carbocycles. The third-order valence-electron chi connectivity index (χ3n) is 2.60. The Morgan fingerprint density at radius 1 is 1.00 bits per heavy atom. The number of ether oxygens (including phenoxy) is 1. The number of rotatable bonds is 11. The maximum absolute atomic E-state index is 11.0. The first-order valence-corrected chi connectivity index (χ1v) is 6.74. The van der Waals surface area contributed by atoms with Crippen LogP contribution in [-0.2, 0) is 14.3 Å². The quantitative estimate of drug-likeness (QED) is 0.258. The van der Waals surface area contributed by atoms with Crippen LogP contribution in [0.1, 0.15) is 59.7 Å². The van der Waals surface area contributed by atoms with E-state index in [1.54, 1.807) is 0 Å². The molecule has 19 heavy (non-hydrogen) atoms. The van der Waals surface area contributed by atoms with Gasteiger partial charge in [-0.25, -0.2) is 9.59 Å². The van der Waals surface area contributed by atoms with Crippen LogP contribution in [0.25, 0.3) is 0 Å². The summed E-state index contributed by atoms with van der Waals surface area (Å²) in [7, 11) is 0. The summed E-state index contributed by atoms with van der Waals surface area (Å²) in [5, 5.41) is 8.30. The van der Waals surface area contributed by atoms with Crippen LogP contribution in [0.15, 0.2) is 12.2 Å². The Morgan fingerprint density at radius 3 is 2.05 bits per heavy atom. The van der Waals surface area contributed by atoms with E-state index in [-0.39, 0.29) is 31.0 Å². The third-order valence-corrected chi connectivity index (χ3v) is 2.60. The Morgan fingerprint density at radius 2 is 1.53 bits per heavy atom. The molecular weight excluding hydrogens is 255 g/mol. The number of carbonyl (C=O) groups excluding carboxylic acids is 1. The van der Waals surface area contributed by atoms with Crippen LogP contribution < -0.4 is 29.6 Å². The van der Waals surface area contributed by atoms with Gasteiger partial charge in [-0.1, -0.05) is 51.9 Å². The molecule has 0 radical (unpaired) electrons. The van der Waals surface area contributed by atoms with Crippen LogP contribution in [0.4, 0.5) is 0 Å². The van der Waals surface area contributed by atoms with Crippen molar-refractivity contribution in [2.45, 2.75) is 58.3 Å². The van der Waals surface area contributed by atoms with Gasteiger partial charge < -0.3 is 11.3 Å². The van der Waals surface area contributed by atoms with Crippen molar-refractivity contribution in [2.75, 3.05) is 6.61 Å². The van der Waals surface area contributed by atoms with Gasteiger partial charge in [0, 0.05) is 12.2 Å². The summed E-state index contributed by atoms with van der Waals surface area (Å²) in [6, 6.07) is 0. The first-order chi connectivity index (χ1) is 8.66. The van der Waals surface area contributed by atoms with Crippen LogP contribution in [-0.4, -0.2) is 23.7 Å². The summed E-state index contributed by atoms with van der Waals surface area (Å²) < 4.78 is 4.85. The Bertz CT molecular complexity index is 270. The van der Waals surface area contributed by atoms with E-state index < -0.39 is 11.9 Å². The van der Waals surface area contributed by atoms with Gasteiger partial charge in [0.1, 0.15) is 0 Å². The molecule has 4 nitrogen and oxygen atoms in total. The summed E-state index contributed by atoms with van der Waals surface area (Å²) in [6.07, 6.45) is 11.2. The Kier molecular flexibility index (Phi) is 17.4. The van der Waals surface area contributed by atoms with E-state index in [0.717, 1.165) is 25.0 Å². The third kappa shape index (κ3) is 17.7. The van der Waals surface area contributed by atoms with Crippen LogP contribution in [0.3, 0.4) is 0 Å². The zero-order chi connectivity index (χ0) is 13.6. The minimum Gasteiger partial charge on any atom is -1.00 e. The van der Waals surface area contributed by atoms with Gasteiger partial charge in [0.15, 0.2) is 0 Å². The molecule has 0 saturated heterocycles. The van der Waals surface area contributed by atoms with Crippen molar-refractivity contribution < 1.29 is 50.4 Å². The smallest absolute Gasteiger partial charge is 1.00 e. The van der Waals surface area contributed by atoms with Gasteiger partial charge in [0.25, 0.3) is 0 Å². The fraction of sp³-hybridized carbons (Fsp3) is 0.714. The van der Waals surface area contributed by atoms with Crippen LogP contribution in [0.5, 0.6) is 0 Å². The second-order valence-electron chi connectivity index (χ2n) is 4.31. The molecule has 0 saturated carbocycles. The fourth-order valence-electron chi connectivity index (χ4n) is 1.60.